The second-order valence-electron chi connectivity index (χ2n) is 5.82. The van der Waals surface area contributed by atoms with Gasteiger partial charge in [-0.1, -0.05) is 29.8 Å². The molecule has 1 fully saturated rings. The van der Waals surface area contributed by atoms with Crippen LogP contribution in [0.1, 0.15) is 21.9 Å². The molecule has 0 saturated carbocycles. The average Bonchev–Trinajstić information content (AvgIpc) is 3.04. The van der Waals surface area contributed by atoms with Crippen LogP contribution in [0.3, 0.4) is 0 Å². The van der Waals surface area contributed by atoms with Crippen molar-refractivity contribution in [2.45, 2.75) is 18.4 Å². The molecule has 2 heterocycles. The molecule has 0 unspecified atom stereocenters. The first-order valence-corrected chi connectivity index (χ1v) is 9.91. The zero-order valence-electron chi connectivity index (χ0n) is 14.2. The van der Waals surface area contributed by atoms with Gasteiger partial charge < -0.3 is 14.5 Å². The van der Waals surface area contributed by atoms with Crippen LogP contribution in [0.5, 0.6) is 0 Å². The number of hydrogen-bond donors (Lipinski definition) is 1. The van der Waals surface area contributed by atoms with Crippen LogP contribution < -0.4 is 5.32 Å². The molecule has 0 aliphatic carbocycles. The Bertz CT molecular complexity index is 904. The van der Waals surface area contributed by atoms with Crippen molar-refractivity contribution < 1.29 is 22.4 Å². The maximum absolute atomic E-state index is 12.7. The molecule has 7 nitrogen and oxygen atoms in total. The molecule has 0 bridgehead atoms. The summed E-state index contributed by atoms with van der Waals surface area (Å²) in [5, 5.41) is 3.22. The van der Waals surface area contributed by atoms with Crippen molar-refractivity contribution in [2.24, 2.45) is 0 Å². The number of morpholine rings is 1. The summed E-state index contributed by atoms with van der Waals surface area (Å²) in [5.74, 6) is -0.378. The van der Waals surface area contributed by atoms with Crippen LogP contribution in [0.4, 0.5) is 0 Å². The van der Waals surface area contributed by atoms with Crippen LogP contribution in [-0.2, 0) is 21.3 Å². The SMILES string of the molecule is Cc1oc(C(=O)NCc2ccccc2Cl)cc1S(=O)(=O)N1CCOCC1. The normalized spacial score (nSPS) is 15.8. The molecule has 1 N–H and O–H groups in total. The standard InChI is InChI=1S/C17H19ClN2O5S/c1-12-16(26(22,23)20-6-8-24-9-7-20)10-15(25-12)17(21)19-11-13-4-2-3-5-14(13)18/h2-5,10H,6-9,11H2,1H3,(H,19,21). The zero-order chi connectivity index (χ0) is 18.7. The summed E-state index contributed by atoms with van der Waals surface area (Å²) in [6.45, 7) is 2.99. The Labute approximate surface area is 156 Å². The van der Waals surface area contributed by atoms with E-state index in [9.17, 15) is 13.2 Å². The summed E-state index contributed by atoms with van der Waals surface area (Å²) >= 11 is 6.06. The molecule has 1 aliphatic rings. The topological polar surface area (TPSA) is 88.8 Å². The summed E-state index contributed by atoms with van der Waals surface area (Å²) in [4.78, 5) is 12.3. The monoisotopic (exact) mass is 398 g/mol. The molecular weight excluding hydrogens is 380 g/mol. The highest BCUT2D eigenvalue weighted by molar-refractivity contribution is 7.89. The second-order valence-corrected chi connectivity index (χ2v) is 8.14. The predicted octanol–water partition coefficient (Wildman–Crippen LogP) is 2.19. The van der Waals surface area contributed by atoms with E-state index in [-0.39, 0.29) is 36.1 Å². The highest BCUT2D eigenvalue weighted by Crippen LogP contribution is 2.24. The van der Waals surface area contributed by atoms with Crippen molar-refractivity contribution in [3.8, 4) is 0 Å². The van der Waals surface area contributed by atoms with Gasteiger partial charge in [0, 0.05) is 30.7 Å². The van der Waals surface area contributed by atoms with E-state index in [2.05, 4.69) is 5.32 Å². The Kier molecular flexibility index (Phi) is 5.67. The van der Waals surface area contributed by atoms with Gasteiger partial charge in [0.05, 0.1) is 13.2 Å². The zero-order valence-corrected chi connectivity index (χ0v) is 15.8. The van der Waals surface area contributed by atoms with Gasteiger partial charge in [-0.15, -0.1) is 0 Å². The first-order chi connectivity index (χ1) is 12.4. The van der Waals surface area contributed by atoms with Gasteiger partial charge in [0.2, 0.25) is 10.0 Å². The number of furan rings is 1. The van der Waals surface area contributed by atoms with Gasteiger partial charge in [0.15, 0.2) is 5.76 Å². The lowest BCUT2D eigenvalue weighted by Gasteiger charge is -2.25. The summed E-state index contributed by atoms with van der Waals surface area (Å²) in [7, 11) is -3.72. The van der Waals surface area contributed by atoms with E-state index in [1.54, 1.807) is 18.2 Å². The lowest BCUT2D eigenvalue weighted by molar-refractivity contribution is 0.0730. The molecule has 1 saturated heterocycles. The van der Waals surface area contributed by atoms with Gasteiger partial charge in [0.1, 0.15) is 10.7 Å². The molecular formula is C17H19ClN2O5S. The molecule has 1 amide bonds. The van der Waals surface area contributed by atoms with Crippen molar-refractivity contribution in [2.75, 3.05) is 26.3 Å². The maximum atomic E-state index is 12.7. The van der Waals surface area contributed by atoms with Gasteiger partial charge in [0.25, 0.3) is 5.91 Å². The largest absolute Gasteiger partial charge is 0.455 e. The molecule has 140 valence electrons. The van der Waals surface area contributed by atoms with Gasteiger partial charge >= 0.3 is 0 Å². The van der Waals surface area contributed by atoms with Crippen LogP contribution in [0.2, 0.25) is 5.02 Å². The number of aryl methyl sites for hydroxylation is 1. The van der Waals surface area contributed by atoms with Crippen molar-refractivity contribution in [1.82, 2.24) is 9.62 Å². The number of sulfonamides is 1. The van der Waals surface area contributed by atoms with E-state index in [1.165, 1.54) is 17.3 Å². The molecule has 9 heteroatoms. The maximum Gasteiger partial charge on any atom is 0.287 e. The number of amides is 1. The van der Waals surface area contributed by atoms with Crippen LogP contribution in [0.15, 0.2) is 39.6 Å². The fourth-order valence-corrected chi connectivity index (χ4v) is 4.44. The number of nitrogens with zero attached hydrogens (tertiary/aromatic N) is 1. The number of ether oxygens (including phenoxy) is 1. The van der Waals surface area contributed by atoms with Crippen molar-refractivity contribution in [1.29, 1.82) is 0 Å². The molecule has 2 aromatic rings. The molecule has 1 aromatic heterocycles. The van der Waals surface area contributed by atoms with Crippen molar-refractivity contribution >= 4 is 27.5 Å². The fourth-order valence-electron chi connectivity index (χ4n) is 2.66. The van der Waals surface area contributed by atoms with Gasteiger partial charge in [-0.3, -0.25) is 4.79 Å². The number of rotatable bonds is 5. The number of nitrogens with one attached hydrogen (secondary N) is 1. The van der Waals surface area contributed by atoms with Crippen LogP contribution >= 0.6 is 11.6 Å². The molecule has 0 radical (unpaired) electrons. The van der Waals surface area contributed by atoms with E-state index in [1.807, 2.05) is 6.07 Å². The Morgan fingerprint density at radius 1 is 1.27 bits per heavy atom. The summed E-state index contributed by atoms with van der Waals surface area (Å²) in [6.07, 6.45) is 0. The number of hydrogen-bond acceptors (Lipinski definition) is 5. The van der Waals surface area contributed by atoms with E-state index < -0.39 is 15.9 Å². The Balaban J connectivity index is 1.75. The van der Waals surface area contributed by atoms with Gasteiger partial charge in [-0.05, 0) is 18.6 Å². The Hall–Kier alpha value is -1.87. The van der Waals surface area contributed by atoms with Crippen LogP contribution in [-0.4, -0.2) is 44.9 Å². The van der Waals surface area contributed by atoms with Crippen molar-refractivity contribution in [3.05, 3.63) is 52.4 Å². The summed E-state index contributed by atoms with van der Waals surface area (Å²) in [5.41, 5.74) is 0.756. The second kappa shape index (κ2) is 7.79. The van der Waals surface area contributed by atoms with Crippen LogP contribution in [0.25, 0.3) is 0 Å². The summed E-state index contributed by atoms with van der Waals surface area (Å²) in [6, 6.07) is 8.41. The minimum atomic E-state index is -3.72. The molecule has 26 heavy (non-hydrogen) atoms. The minimum Gasteiger partial charge on any atom is -0.455 e. The average molecular weight is 399 g/mol. The third-order valence-corrected chi connectivity index (χ3v) is 6.46. The Morgan fingerprint density at radius 3 is 2.65 bits per heavy atom. The molecule has 0 spiro atoms. The number of carbonyl (C=O) groups excluding carboxylic acids is 1. The molecule has 3 rings (SSSR count). The van der Waals surface area contributed by atoms with E-state index in [0.29, 0.717) is 18.2 Å². The van der Waals surface area contributed by atoms with Crippen molar-refractivity contribution in [3.63, 3.8) is 0 Å². The number of benzene rings is 1. The van der Waals surface area contributed by atoms with E-state index in [4.69, 9.17) is 20.8 Å². The van der Waals surface area contributed by atoms with E-state index in [0.717, 1.165) is 5.56 Å². The quantitative estimate of drug-likeness (QED) is 0.833. The summed E-state index contributed by atoms with van der Waals surface area (Å²) < 4.78 is 37.4. The van der Waals surface area contributed by atoms with Crippen LogP contribution in [0, 0.1) is 6.92 Å². The highest BCUT2D eigenvalue weighted by Gasteiger charge is 2.31. The molecule has 1 aromatic carbocycles. The number of halogens is 1. The Morgan fingerprint density at radius 2 is 1.96 bits per heavy atom. The third-order valence-electron chi connectivity index (χ3n) is 4.08. The third kappa shape index (κ3) is 3.93. The van der Waals surface area contributed by atoms with E-state index >= 15 is 0 Å². The first-order valence-electron chi connectivity index (χ1n) is 8.09. The van der Waals surface area contributed by atoms with Gasteiger partial charge in [-0.2, -0.15) is 4.31 Å². The smallest absolute Gasteiger partial charge is 0.287 e. The minimum absolute atomic E-state index is 0.00212. The number of carbonyl (C=O) groups is 1. The first kappa shape index (κ1) is 18.9. The molecule has 0 atom stereocenters. The molecule has 1 aliphatic heterocycles. The lowest BCUT2D eigenvalue weighted by Crippen LogP contribution is -2.40. The predicted molar refractivity (Wildman–Crippen MR) is 95.6 cm³/mol. The highest BCUT2D eigenvalue weighted by atomic mass is 35.5. The van der Waals surface area contributed by atoms with Gasteiger partial charge in [-0.25, -0.2) is 8.42 Å². The lowest BCUT2D eigenvalue weighted by atomic mass is 10.2. The fraction of sp³-hybridized carbons (Fsp3) is 0.353.